The second-order valence-corrected chi connectivity index (χ2v) is 4.25. The largest absolute Gasteiger partial charge is 0.491 e. The summed E-state index contributed by atoms with van der Waals surface area (Å²) in [5.74, 6) is -2.36. The van der Waals surface area contributed by atoms with Crippen LogP contribution in [0.25, 0.3) is 22.7 Å². The number of benzene rings is 1. The van der Waals surface area contributed by atoms with Crippen molar-refractivity contribution in [3.05, 3.63) is 42.6 Å². The van der Waals surface area contributed by atoms with Crippen molar-refractivity contribution in [3.63, 3.8) is 0 Å². The number of aromatic nitrogens is 2. The maximum absolute atomic E-state index is 12.2. The van der Waals surface area contributed by atoms with Gasteiger partial charge in [-0.2, -0.15) is 13.2 Å². The monoisotopic (exact) mass is 308 g/mol. The van der Waals surface area contributed by atoms with E-state index in [4.69, 9.17) is 4.42 Å². The topological polar surface area (TPSA) is 65.2 Å². The van der Waals surface area contributed by atoms with Crippen molar-refractivity contribution >= 4 is 17.1 Å². The minimum Gasteiger partial charge on any atom is -0.435 e. The number of ether oxygens (including phenoxy) is 1. The Balaban J connectivity index is 1.92. The SMILES string of the molecule is O=C(Oc1ccc2nc(-c3ccccn3)oc2c1)C(F)(F)F. The molecule has 2 heterocycles. The van der Waals surface area contributed by atoms with Crippen molar-refractivity contribution < 1.29 is 27.1 Å². The van der Waals surface area contributed by atoms with E-state index < -0.39 is 12.1 Å². The van der Waals surface area contributed by atoms with E-state index in [9.17, 15) is 18.0 Å². The number of hydrogen-bond donors (Lipinski definition) is 0. The molecule has 0 aliphatic heterocycles. The average molecular weight is 308 g/mol. The first kappa shape index (κ1) is 14.1. The van der Waals surface area contributed by atoms with Crippen molar-refractivity contribution in [2.75, 3.05) is 0 Å². The second kappa shape index (κ2) is 5.14. The number of halogens is 3. The van der Waals surface area contributed by atoms with Crippen molar-refractivity contribution in [1.82, 2.24) is 9.97 Å². The highest BCUT2D eigenvalue weighted by Crippen LogP contribution is 2.27. The van der Waals surface area contributed by atoms with Crippen molar-refractivity contribution in [3.8, 4) is 17.3 Å². The zero-order chi connectivity index (χ0) is 15.7. The van der Waals surface area contributed by atoms with E-state index in [-0.39, 0.29) is 17.2 Å². The van der Waals surface area contributed by atoms with Crippen LogP contribution >= 0.6 is 0 Å². The summed E-state index contributed by atoms with van der Waals surface area (Å²) in [6, 6.07) is 8.91. The number of rotatable bonds is 2. The quantitative estimate of drug-likeness (QED) is 0.536. The fourth-order valence-corrected chi connectivity index (χ4v) is 1.73. The fourth-order valence-electron chi connectivity index (χ4n) is 1.73. The van der Waals surface area contributed by atoms with E-state index in [1.54, 1.807) is 24.4 Å². The zero-order valence-corrected chi connectivity index (χ0v) is 10.8. The zero-order valence-electron chi connectivity index (χ0n) is 10.8. The lowest BCUT2D eigenvalue weighted by atomic mass is 10.3. The molecule has 0 atom stereocenters. The molecule has 0 fully saturated rings. The lowest BCUT2D eigenvalue weighted by Crippen LogP contribution is -2.27. The molecule has 0 aliphatic rings. The van der Waals surface area contributed by atoms with E-state index in [2.05, 4.69) is 14.7 Å². The number of oxazole rings is 1. The van der Waals surface area contributed by atoms with Crippen LogP contribution in [0.5, 0.6) is 5.75 Å². The lowest BCUT2D eigenvalue weighted by Gasteiger charge is -2.05. The van der Waals surface area contributed by atoms with Crippen LogP contribution in [0.15, 0.2) is 47.0 Å². The van der Waals surface area contributed by atoms with Gasteiger partial charge in [-0.05, 0) is 24.3 Å². The van der Waals surface area contributed by atoms with Gasteiger partial charge in [-0.3, -0.25) is 4.98 Å². The van der Waals surface area contributed by atoms with Gasteiger partial charge in [0.25, 0.3) is 0 Å². The summed E-state index contributed by atoms with van der Waals surface area (Å²) >= 11 is 0. The van der Waals surface area contributed by atoms with Crippen LogP contribution in [0.3, 0.4) is 0 Å². The van der Waals surface area contributed by atoms with Gasteiger partial charge in [0.1, 0.15) is 17.0 Å². The number of alkyl halides is 3. The van der Waals surface area contributed by atoms with Gasteiger partial charge in [0.2, 0.25) is 5.89 Å². The van der Waals surface area contributed by atoms with Crippen molar-refractivity contribution in [1.29, 1.82) is 0 Å². The third-order valence-electron chi connectivity index (χ3n) is 2.69. The highest BCUT2D eigenvalue weighted by molar-refractivity contribution is 5.81. The molecular formula is C14H7F3N2O3. The van der Waals surface area contributed by atoms with E-state index >= 15 is 0 Å². The van der Waals surface area contributed by atoms with Gasteiger partial charge in [-0.15, -0.1) is 0 Å². The lowest BCUT2D eigenvalue weighted by molar-refractivity contribution is -0.189. The fraction of sp³-hybridized carbons (Fsp3) is 0.0714. The molecule has 0 saturated carbocycles. The molecule has 0 aliphatic carbocycles. The maximum Gasteiger partial charge on any atom is 0.491 e. The molecule has 8 heteroatoms. The summed E-state index contributed by atoms with van der Waals surface area (Å²) < 4.78 is 46.1. The predicted molar refractivity (Wildman–Crippen MR) is 68.9 cm³/mol. The Labute approximate surface area is 121 Å². The molecule has 0 N–H and O–H groups in total. The van der Waals surface area contributed by atoms with Crippen molar-refractivity contribution in [2.45, 2.75) is 6.18 Å². The van der Waals surface area contributed by atoms with E-state index in [1.807, 2.05) is 0 Å². The Morgan fingerprint density at radius 2 is 2.00 bits per heavy atom. The molecule has 0 saturated heterocycles. The molecule has 2 aromatic heterocycles. The third-order valence-corrected chi connectivity index (χ3v) is 2.69. The summed E-state index contributed by atoms with van der Waals surface area (Å²) in [5, 5.41) is 0. The van der Waals surface area contributed by atoms with Crippen LogP contribution < -0.4 is 4.74 Å². The molecule has 3 rings (SSSR count). The van der Waals surface area contributed by atoms with Gasteiger partial charge >= 0.3 is 12.1 Å². The molecule has 22 heavy (non-hydrogen) atoms. The summed E-state index contributed by atoms with van der Waals surface area (Å²) in [5.41, 5.74) is 1.08. The molecule has 0 spiro atoms. The Hall–Kier alpha value is -2.90. The number of fused-ring (bicyclic) bond motifs is 1. The number of esters is 1. The van der Waals surface area contributed by atoms with Crippen LogP contribution in [0.1, 0.15) is 0 Å². The first-order chi connectivity index (χ1) is 10.4. The standard InChI is InChI=1S/C14H7F3N2O3/c15-14(16,17)13(20)21-8-4-5-9-11(7-8)22-12(19-9)10-3-1-2-6-18-10/h1-7H. The van der Waals surface area contributed by atoms with E-state index in [0.717, 1.165) is 0 Å². The summed E-state index contributed by atoms with van der Waals surface area (Å²) in [6.45, 7) is 0. The molecule has 112 valence electrons. The van der Waals surface area contributed by atoms with E-state index in [1.165, 1.54) is 18.2 Å². The van der Waals surface area contributed by atoms with Gasteiger partial charge < -0.3 is 9.15 Å². The Morgan fingerprint density at radius 3 is 2.68 bits per heavy atom. The Bertz CT molecular complexity index is 828. The maximum atomic E-state index is 12.2. The number of carbonyl (C=O) groups excluding carboxylic acids is 1. The number of hydrogen-bond acceptors (Lipinski definition) is 5. The van der Waals surface area contributed by atoms with Crippen molar-refractivity contribution in [2.24, 2.45) is 0 Å². The molecule has 0 unspecified atom stereocenters. The van der Waals surface area contributed by atoms with Crippen LogP contribution in [0, 0.1) is 0 Å². The predicted octanol–water partition coefficient (Wildman–Crippen LogP) is 3.36. The third kappa shape index (κ3) is 2.76. The minimum absolute atomic E-state index is 0.188. The smallest absolute Gasteiger partial charge is 0.435 e. The average Bonchev–Trinajstić information content (AvgIpc) is 2.90. The van der Waals surface area contributed by atoms with Gasteiger partial charge in [0.05, 0.1) is 0 Å². The van der Waals surface area contributed by atoms with Crippen LogP contribution in [-0.4, -0.2) is 22.1 Å². The Morgan fingerprint density at radius 1 is 1.18 bits per heavy atom. The highest BCUT2D eigenvalue weighted by atomic mass is 19.4. The molecule has 0 amide bonds. The first-order valence-electron chi connectivity index (χ1n) is 6.04. The molecule has 1 aromatic carbocycles. The minimum atomic E-state index is -5.06. The summed E-state index contributed by atoms with van der Waals surface area (Å²) in [7, 11) is 0. The van der Waals surface area contributed by atoms with Gasteiger partial charge in [-0.1, -0.05) is 6.07 Å². The Kier molecular flexibility index (Phi) is 3.28. The van der Waals surface area contributed by atoms with E-state index in [0.29, 0.717) is 11.2 Å². The van der Waals surface area contributed by atoms with Crippen LogP contribution in [-0.2, 0) is 4.79 Å². The normalized spacial score (nSPS) is 11.6. The van der Waals surface area contributed by atoms with Crippen LogP contribution in [0.2, 0.25) is 0 Å². The van der Waals surface area contributed by atoms with Gasteiger partial charge in [0, 0.05) is 12.3 Å². The molecule has 5 nitrogen and oxygen atoms in total. The highest BCUT2D eigenvalue weighted by Gasteiger charge is 2.41. The molecule has 0 bridgehead atoms. The molecule has 0 radical (unpaired) electrons. The van der Waals surface area contributed by atoms with Crippen LogP contribution in [0.4, 0.5) is 13.2 Å². The number of carbonyl (C=O) groups is 1. The second-order valence-electron chi connectivity index (χ2n) is 4.25. The first-order valence-corrected chi connectivity index (χ1v) is 6.04. The molecule has 3 aromatic rings. The summed E-state index contributed by atoms with van der Waals surface area (Å²) in [4.78, 5) is 19.0. The van der Waals surface area contributed by atoms with Gasteiger partial charge in [-0.25, -0.2) is 9.78 Å². The summed E-state index contributed by atoms with van der Waals surface area (Å²) in [6.07, 6.45) is -3.50. The number of nitrogens with zero attached hydrogens (tertiary/aromatic N) is 2. The van der Waals surface area contributed by atoms with Gasteiger partial charge in [0.15, 0.2) is 5.58 Å². The number of pyridine rings is 1. The molecular weight excluding hydrogens is 301 g/mol.